The molecule has 1 saturated heterocycles. The first kappa shape index (κ1) is 19.2. The van der Waals surface area contributed by atoms with Crippen LogP contribution in [0.2, 0.25) is 0 Å². The van der Waals surface area contributed by atoms with Crippen LogP contribution in [0.15, 0.2) is 41.9 Å². The number of nitrogens with one attached hydrogen (secondary N) is 2. The fourth-order valence-electron chi connectivity index (χ4n) is 3.02. The monoisotopic (exact) mass is 371 g/mol. The molecule has 27 heavy (non-hydrogen) atoms. The summed E-state index contributed by atoms with van der Waals surface area (Å²) in [5.41, 5.74) is 2.29. The molecule has 0 aliphatic carbocycles. The predicted octanol–water partition coefficient (Wildman–Crippen LogP) is 2.11. The van der Waals surface area contributed by atoms with Crippen LogP contribution in [0.25, 0.3) is 0 Å². The van der Waals surface area contributed by atoms with Gasteiger partial charge in [0.05, 0.1) is 12.4 Å². The van der Waals surface area contributed by atoms with E-state index in [0.717, 1.165) is 49.8 Å². The van der Waals surface area contributed by atoms with Crippen LogP contribution in [-0.2, 0) is 17.8 Å². The summed E-state index contributed by atoms with van der Waals surface area (Å²) < 4.78 is 13.7. The van der Waals surface area contributed by atoms with Crippen molar-refractivity contribution in [2.24, 2.45) is 4.99 Å². The normalized spacial score (nSPS) is 17.1. The average molecular weight is 371 g/mol. The lowest BCUT2D eigenvalue weighted by atomic mass is 10.1. The van der Waals surface area contributed by atoms with Crippen molar-refractivity contribution in [2.45, 2.75) is 39.0 Å². The lowest BCUT2D eigenvalue weighted by Crippen LogP contribution is -2.38. The molecular weight excluding hydrogens is 342 g/mol. The van der Waals surface area contributed by atoms with Crippen molar-refractivity contribution in [3.8, 4) is 5.75 Å². The molecule has 1 aliphatic rings. The Kier molecular flexibility index (Phi) is 7.10. The van der Waals surface area contributed by atoms with Gasteiger partial charge >= 0.3 is 0 Å². The number of rotatable bonds is 8. The summed E-state index contributed by atoms with van der Waals surface area (Å²) in [6, 6.07) is 6.29. The topological polar surface area (TPSA) is 72.7 Å². The maximum absolute atomic E-state index is 6.06. The van der Waals surface area contributed by atoms with Crippen molar-refractivity contribution >= 4 is 5.96 Å². The number of aromatic nitrogens is 2. The van der Waals surface area contributed by atoms with Gasteiger partial charge in [-0.15, -0.1) is 0 Å². The Morgan fingerprint density at radius 2 is 2.33 bits per heavy atom. The van der Waals surface area contributed by atoms with Crippen LogP contribution in [-0.4, -0.2) is 48.4 Å². The minimum Gasteiger partial charge on any atom is -0.491 e. The molecule has 1 aromatic heterocycles. The van der Waals surface area contributed by atoms with E-state index in [9.17, 15) is 0 Å². The van der Waals surface area contributed by atoms with E-state index in [2.05, 4.69) is 45.7 Å². The van der Waals surface area contributed by atoms with Crippen LogP contribution < -0.4 is 15.4 Å². The lowest BCUT2D eigenvalue weighted by Gasteiger charge is -2.17. The standard InChI is InChI=1S/C20H29N5O2/c1-16-5-6-17(19(12-16)27-14-18-4-3-11-26-18)13-24-20(21-2)23-8-10-25-9-7-22-15-25/h5-7,9,12,15,18H,3-4,8,10-11,13-14H2,1-2H3,(H2,21,23,24). The van der Waals surface area contributed by atoms with Gasteiger partial charge in [-0.1, -0.05) is 12.1 Å². The van der Waals surface area contributed by atoms with Gasteiger partial charge in [0, 0.05) is 51.2 Å². The second kappa shape index (κ2) is 9.97. The zero-order valence-electron chi connectivity index (χ0n) is 16.1. The molecule has 2 aromatic rings. The van der Waals surface area contributed by atoms with Crippen LogP contribution in [0.5, 0.6) is 5.75 Å². The van der Waals surface area contributed by atoms with Gasteiger partial charge in [0.1, 0.15) is 12.4 Å². The van der Waals surface area contributed by atoms with Crippen LogP contribution in [0, 0.1) is 6.92 Å². The maximum Gasteiger partial charge on any atom is 0.191 e. The third-order valence-corrected chi connectivity index (χ3v) is 4.56. The Morgan fingerprint density at radius 1 is 1.41 bits per heavy atom. The van der Waals surface area contributed by atoms with Crippen molar-refractivity contribution in [3.63, 3.8) is 0 Å². The molecule has 1 aromatic carbocycles. The molecule has 2 heterocycles. The molecule has 1 fully saturated rings. The van der Waals surface area contributed by atoms with E-state index in [1.165, 1.54) is 5.56 Å². The number of ether oxygens (including phenoxy) is 2. The van der Waals surface area contributed by atoms with Gasteiger partial charge in [0.15, 0.2) is 5.96 Å². The number of benzene rings is 1. The SMILES string of the molecule is CN=C(NCCn1ccnc1)NCc1ccc(C)cc1OCC1CCCO1. The molecule has 0 saturated carbocycles. The minimum atomic E-state index is 0.212. The van der Waals surface area contributed by atoms with Crippen LogP contribution in [0.4, 0.5) is 0 Å². The molecule has 1 atom stereocenters. The number of nitrogens with zero attached hydrogens (tertiary/aromatic N) is 3. The highest BCUT2D eigenvalue weighted by molar-refractivity contribution is 5.79. The molecule has 0 bridgehead atoms. The van der Waals surface area contributed by atoms with E-state index in [1.807, 2.05) is 17.1 Å². The van der Waals surface area contributed by atoms with Crippen molar-refractivity contribution in [3.05, 3.63) is 48.0 Å². The van der Waals surface area contributed by atoms with Crippen LogP contribution >= 0.6 is 0 Å². The average Bonchev–Trinajstić information content (AvgIpc) is 3.37. The zero-order valence-corrected chi connectivity index (χ0v) is 16.1. The quantitative estimate of drug-likeness (QED) is 0.549. The number of guanidine groups is 1. The number of hydrogen-bond acceptors (Lipinski definition) is 4. The molecule has 2 N–H and O–H groups in total. The molecule has 7 nitrogen and oxygen atoms in total. The Bertz CT molecular complexity index is 724. The molecule has 1 aliphatic heterocycles. The molecule has 1 unspecified atom stereocenters. The summed E-state index contributed by atoms with van der Waals surface area (Å²) in [6.45, 7) is 5.78. The van der Waals surface area contributed by atoms with Gasteiger partial charge in [-0.25, -0.2) is 4.98 Å². The summed E-state index contributed by atoms with van der Waals surface area (Å²) >= 11 is 0. The highest BCUT2D eigenvalue weighted by Crippen LogP contribution is 2.22. The van der Waals surface area contributed by atoms with Gasteiger partial charge in [0.25, 0.3) is 0 Å². The van der Waals surface area contributed by atoms with Crippen molar-refractivity contribution in [1.29, 1.82) is 0 Å². The molecule has 146 valence electrons. The zero-order chi connectivity index (χ0) is 18.9. The minimum absolute atomic E-state index is 0.212. The first-order valence-corrected chi connectivity index (χ1v) is 9.49. The van der Waals surface area contributed by atoms with Gasteiger partial charge in [-0.05, 0) is 31.4 Å². The predicted molar refractivity (Wildman–Crippen MR) is 106 cm³/mol. The molecule has 0 amide bonds. The molecule has 7 heteroatoms. The number of aliphatic imine (C=N–C) groups is 1. The largest absolute Gasteiger partial charge is 0.491 e. The van der Waals surface area contributed by atoms with Gasteiger partial charge in [-0.3, -0.25) is 4.99 Å². The highest BCUT2D eigenvalue weighted by Gasteiger charge is 2.17. The first-order valence-electron chi connectivity index (χ1n) is 9.49. The van der Waals surface area contributed by atoms with E-state index in [4.69, 9.17) is 9.47 Å². The van der Waals surface area contributed by atoms with E-state index < -0.39 is 0 Å². The Hall–Kier alpha value is -2.54. The van der Waals surface area contributed by atoms with Gasteiger partial charge in [0.2, 0.25) is 0 Å². The van der Waals surface area contributed by atoms with Crippen molar-refractivity contribution in [2.75, 3.05) is 26.8 Å². The second-order valence-electron chi connectivity index (χ2n) is 6.71. The summed E-state index contributed by atoms with van der Waals surface area (Å²) in [6.07, 6.45) is 7.94. The summed E-state index contributed by atoms with van der Waals surface area (Å²) in [5, 5.41) is 6.67. The fraction of sp³-hybridized carbons (Fsp3) is 0.500. The molecule has 0 radical (unpaired) electrons. The maximum atomic E-state index is 6.06. The van der Waals surface area contributed by atoms with Crippen molar-refractivity contribution < 1.29 is 9.47 Å². The first-order chi connectivity index (χ1) is 13.2. The summed E-state index contributed by atoms with van der Waals surface area (Å²) in [5.74, 6) is 1.67. The molecular formula is C20H29N5O2. The van der Waals surface area contributed by atoms with E-state index in [-0.39, 0.29) is 6.10 Å². The van der Waals surface area contributed by atoms with Crippen LogP contribution in [0.1, 0.15) is 24.0 Å². The summed E-state index contributed by atoms with van der Waals surface area (Å²) in [7, 11) is 1.77. The van der Waals surface area contributed by atoms with Gasteiger partial charge < -0.3 is 24.7 Å². The molecule has 0 spiro atoms. The van der Waals surface area contributed by atoms with Crippen molar-refractivity contribution in [1.82, 2.24) is 20.2 Å². The lowest BCUT2D eigenvalue weighted by molar-refractivity contribution is 0.0676. The van der Waals surface area contributed by atoms with E-state index in [1.54, 1.807) is 13.2 Å². The van der Waals surface area contributed by atoms with E-state index >= 15 is 0 Å². The van der Waals surface area contributed by atoms with E-state index in [0.29, 0.717) is 13.2 Å². The Balaban J connectivity index is 1.50. The Labute approximate surface area is 160 Å². The smallest absolute Gasteiger partial charge is 0.191 e. The molecule has 3 rings (SSSR count). The highest BCUT2D eigenvalue weighted by atomic mass is 16.5. The number of hydrogen-bond donors (Lipinski definition) is 2. The fourth-order valence-corrected chi connectivity index (χ4v) is 3.02. The summed E-state index contributed by atoms with van der Waals surface area (Å²) in [4.78, 5) is 8.33. The number of imidazole rings is 1. The third-order valence-electron chi connectivity index (χ3n) is 4.56. The van der Waals surface area contributed by atoms with Gasteiger partial charge in [-0.2, -0.15) is 0 Å². The third kappa shape index (κ3) is 5.99. The number of aryl methyl sites for hydroxylation is 1. The Morgan fingerprint density at radius 3 is 3.07 bits per heavy atom. The van der Waals surface area contributed by atoms with Crippen LogP contribution in [0.3, 0.4) is 0 Å². The second-order valence-corrected chi connectivity index (χ2v) is 6.71.